The standard InChI is InChI=1S/C26H22F5N7O2/c1-12-5-18(27)16(21-8-17(26(29,30)31)22-23(32)34-11-35-38(21)22)7-15(12)24(39)36-20-10-37(9-19(20)28)25(40)14-3-4-33-13(2)6-14/h3-8,11,19-20H,9-10H2,1-2H3,(H,36,39)(H2,32,34,35). The van der Waals surface area contributed by atoms with Crippen molar-refractivity contribution in [3.8, 4) is 11.3 Å². The molecule has 0 aliphatic carbocycles. The molecule has 5 rings (SSSR count). The van der Waals surface area contributed by atoms with E-state index in [1.165, 1.54) is 24.1 Å². The van der Waals surface area contributed by atoms with E-state index in [0.717, 1.165) is 23.0 Å². The number of hydrogen-bond donors (Lipinski definition) is 2. The van der Waals surface area contributed by atoms with E-state index in [9.17, 15) is 27.2 Å². The lowest BCUT2D eigenvalue weighted by Gasteiger charge is -2.18. The number of alkyl halides is 4. The number of rotatable bonds is 4. The second kappa shape index (κ2) is 9.84. The van der Waals surface area contributed by atoms with Crippen molar-refractivity contribution in [3.05, 3.63) is 76.6 Å². The number of anilines is 1. The minimum atomic E-state index is -4.85. The molecule has 2 atom stereocenters. The third kappa shape index (κ3) is 4.80. The fraction of sp³-hybridized carbons (Fsp3) is 0.269. The van der Waals surface area contributed by atoms with Crippen LogP contribution in [0.5, 0.6) is 0 Å². The van der Waals surface area contributed by atoms with Crippen molar-refractivity contribution in [3.63, 3.8) is 0 Å². The summed E-state index contributed by atoms with van der Waals surface area (Å²) in [6.07, 6.45) is -4.04. The molecule has 208 valence electrons. The summed E-state index contributed by atoms with van der Waals surface area (Å²) < 4.78 is 72.0. The molecule has 4 heterocycles. The topological polar surface area (TPSA) is 119 Å². The lowest BCUT2D eigenvalue weighted by molar-refractivity contribution is -0.136. The summed E-state index contributed by atoms with van der Waals surface area (Å²) in [5.74, 6) is -2.58. The lowest BCUT2D eigenvalue weighted by Crippen LogP contribution is -2.42. The number of carbonyl (C=O) groups is 2. The van der Waals surface area contributed by atoms with Crippen molar-refractivity contribution in [2.45, 2.75) is 32.2 Å². The average molecular weight is 559 g/mol. The zero-order valence-corrected chi connectivity index (χ0v) is 21.1. The Labute approximate surface area is 223 Å². The van der Waals surface area contributed by atoms with Crippen LogP contribution in [0, 0.1) is 19.7 Å². The Kier molecular flexibility index (Phi) is 6.64. The van der Waals surface area contributed by atoms with Gasteiger partial charge in [0.25, 0.3) is 11.8 Å². The highest BCUT2D eigenvalue weighted by Crippen LogP contribution is 2.39. The first kappa shape index (κ1) is 27.0. The van der Waals surface area contributed by atoms with E-state index in [-0.39, 0.29) is 35.5 Å². The minimum absolute atomic E-state index is 0.0938. The number of likely N-dealkylation sites (tertiary alicyclic amines) is 1. The predicted octanol–water partition coefficient (Wildman–Crippen LogP) is 3.74. The monoisotopic (exact) mass is 559 g/mol. The van der Waals surface area contributed by atoms with Crippen LogP contribution in [0.4, 0.5) is 27.8 Å². The molecule has 0 bridgehead atoms. The van der Waals surface area contributed by atoms with Gasteiger partial charge in [-0.2, -0.15) is 18.3 Å². The SMILES string of the molecule is Cc1cc(C(=O)N2CC(F)C(NC(=O)c3cc(-c4cc(C(F)(F)F)c5c(N)ncnn45)c(F)cc3C)C2)ccn1. The molecular formula is C26H22F5N7O2. The van der Waals surface area contributed by atoms with Crippen LogP contribution in [0.25, 0.3) is 16.8 Å². The van der Waals surface area contributed by atoms with Crippen LogP contribution < -0.4 is 11.1 Å². The van der Waals surface area contributed by atoms with Gasteiger partial charge in [-0.25, -0.2) is 18.3 Å². The Balaban J connectivity index is 1.44. The number of carbonyl (C=O) groups excluding carboxylic acids is 2. The number of fused-ring (bicyclic) bond motifs is 1. The summed E-state index contributed by atoms with van der Waals surface area (Å²) >= 11 is 0. The second-order valence-electron chi connectivity index (χ2n) is 9.49. The number of nitrogens with zero attached hydrogens (tertiary/aromatic N) is 5. The molecule has 1 saturated heterocycles. The smallest absolute Gasteiger partial charge is 0.382 e. The number of aromatic nitrogens is 4. The molecule has 0 radical (unpaired) electrons. The second-order valence-corrected chi connectivity index (χ2v) is 9.49. The highest BCUT2D eigenvalue weighted by atomic mass is 19.4. The van der Waals surface area contributed by atoms with Crippen molar-refractivity contribution in [2.24, 2.45) is 0 Å². The van der Waals surface area contributed by atoms with Crippen LogP contribution >= 0.6 is 0 Å². The number of nitrogens with one attached hydrogen (secondary N) is 1. The fourth-order valence-corrected chi connectivity index (χ4v) is 4.76. The van der Waals surface area contributed by atoms with Crippen molar-refractivity contribution in [2.75, 3.05) is 18.8 Å². The first-order valence-corrected chi connectivity index (χ1v) is 12.0. The molecule has 40 heavy (non-hydrogen) atoms. The van der Waals surface area contributed by atoms with Crippen molar-refractivity contribution in [1.29, 1.82) is 0 Å². The molecule has 2 unspecified atom stereocenters. The Morgan fingerprint density at radius 3 is 2.55 bits per heavy atom. The maximum absolute atomic E-state index is 15.1. The van der Waals surface area contributed by atoms with Crippen LogP contribution in [0.2, 0.25) is 0 Å². The molecule has 2 amide bonds. The number of pyridine rings is 1. The summed E-state index contributed by atoms with van der Waals surface area (Å²) in [5, 5.41) is 6.34. The maximum Gasteiger partial charge on any atom is 0.418 e. The van der Waals surface area contributed by atoms with Gasteiger partial charge in [-0.1, -0.05) is 0 Å². The van der Waals surface area contributed by atoms with Crippen LogP contribution in [0.1, 0.15) is 37.5 Å². The van der Waals surface area contributed by atoms with Crippen molar-refractivity contribution >= 4 is 23.1 Å². The number of nitrogen functional groups attached to an aromatic ring is 1. The van der Waals surface area contributed by atoms with Gasteiger partial charge in [-0.15, -0.1) is 0 Å². The molecule has 3 N–H and O–H groups in total. The predicted molar refractivity (Wildman–Crippen MR) is 134 cm³/mol. The molecule has 0 spiro atoms. The molecule has 1 fully saturated rings. The highest BCUT2D eigenvalue weighted by molar-refractivity contribution is 5.98. The Hall–Kier alpha value is -4.62. The fourth-order valence-electron chi connectivity index (χ4n) is 4.76. The zero-order valence-electron chi connectivity index (χ0n) is 21.1. The van der Waals surface area contributed by atoms with Gasteiger partial charge < -0.3 is 16.0 Å². The van der Waals surface area contributed by atoms with E-state index < -0.39 is 52.9 Å². The first-order valence-electron chi connectivity index (χ1n) is 12.0. The van der Waals surface area contributed by atoms with Gasteiger partial charge >= 0.3 is 6.18 Å². The van der Waals surface area contributed by atoms with Gasteiger partial charge in [0.05, 0.1) is 23.8 Å². The Morgan fingerprint density at radius 1 is 1.10 bits per heavy atom. The molecular weight excluding hydrogens is 537 g/mol. The van der Waals surface area contributed by atoms with Gasteiger partial charge in [0, 0.05) is 35.1 Å². The number of aryl methyl sites for hydroxylation is 2. The molecule has 1 aliphatic rings. The molecule has 1 aliphatic heterocycles. The third-order valence-electron chi connectivity index (χ3n) is 6.72. The van der Waals surface area contributed by atoms with Crippen molar-refractivity contribution < 1.29 is 31.5 Å². The highest BCUT2D eigenvalue weighted by Gasteiger charge is 2.38. The van der Waals surface area contributed by atoms with Gasteiger partial charge in [0.15, 0.2) is 5.82 Å². The number of halogens is 5. The summed E-state index contributed by atoms with van der Waals surface area (Å²) in [5.41, 5.74) is 4.28. The number of benzene rings is 1. The van der Waals surface area contributed by atoms with Crippen LogP contribution in [-0.4, -0.2) is 61.6 Å². The molecule has 0 saturated carbocycles. The molecule has 1 aromatic carbocycles. The van der Waals surface area contributed by atoms with Crippen LogP contribution in [0.15, 0.2) is 42.9 Å². The molecule has 9 nitrogen and oxygen atoms in total. The normalized spacial score (nSPS) is 17.4. The van der Waals surface area contributed by atoms with E-state index in [1.54, 1.807) is 13.0 Å². The van der Waals surface area contributed by atoms with Gasteiger partial charge in [0.1, 0.15) is 23.8 Å². The van der Waals surface area contributed by atoms with Gasteiger partial charge in [-0.05, 0) is 49.7 Å². The number of nitrogens with two attached hydrogens (primary N) is 1. The van der Waals surface area contributed by atoms with E-state index in [2.05, 4.69) is 20.4 Å². The minimum Gasteiger partial charge on any atom is -0.382 e. The van der Waals surface area contributed by atoms with Crippen LogP contribution in [0.3, 0.4) is 0 Å². The van der Waals surface area contributed by atoms with Crippen molar-refractivity contribution in [1.82, 2.24) is 29.8 Å². The third-order valence-corrected chi connectivity index (χ3v) is 6.72. The molecule has 14 heteroatoms. The van der Waals surface area contributed by atoms with E-state index >= 15 is 4.39 Å². The number of amides is 2. The summed E-state index contributed by atoms with van der Waals surface area (Å²) in [4.78, 5) is 34.9. The van der Waals surface area contributed by atoms with E-state index in [0.29, 0.717) is 17.3 Å². The van der Waals surface area contributed by atoms with Crippen LogP contribution in [-0.2, 0) is 6.18 Å². The first-order chi connectivity index (χ1) is 18.8. The largest absolute Gasteiger partial charge is 0.418 e. The maximum atomic E-state index is 15.1. The lowest BCUT2D eigenvalue weighted by atomic mass is 10.0. The summed E-state index contributed by atoms with van der Waals surface area (Å²) in [7, 11) is 0. The number of hydrogen-bond acceptors (Lipinski definition) is 6. The summed E-state index contributed by atoms with van der Waals surface area (Å²) in [6.45, 7) is 2.77. The Bertz CT molecular complexity index is 1650. The van der Waals surface area contributed by atoms with E-state index in [4.69, 9.17) is 5.73 Å². The zero-order chi connectivity index (χ0) is 28.9. The van der Waals surface area contributed by atoms with E-state index in [1.807, 2.05) is 0 Å². The quantitative estimate of drug-likeness (QED) is 0.368. The Morgan fingerprint density at radius 2 is 1.85 bits per heavy atom. The average Bonchev–Trinajstić information content (AvgIpc) is 3.45. The molecule has 4 aromatic rings. The molecule has 3 aromatic heterocycles. The van der Waals surface area contributed by atoms with Gasteiger partial charge in [0.2, 0.25) is 0 Å². The van der Waals surface area contributed by atoms with Gasteiger partial charge in [-0.3, -0.25) is 14.6 Å². The summed E-state index contributed by atoms with van der Waals surface area (Å²) in [6, 6.07) is 4.75.